The summed E-state index contributed by atoms with van der Waals surface area (Å²) in [7, 11) is 0. The number of aromatic nitrogens is 2. The van der Waals surface area contributed by atoms with Crippen molar-refractivity contribution in [2.75, 3.05) is 17.6 Å². The number of rotatable bonds is 5. The van der Waals surface area contributed by atoms with Crippen LogP contribution in [0.15, 0.2) is 9.59 Å². The first-order chi connectivity index (χ1) is 8.61. The Morgan fingerprint density at radius 2 is 2.17 bits per heavy atom. The number of nitrogen functional groups attached to an aromatic ring is 1. The molecule has 98 valence electrons. The van der Waals surface area contributed by atoms with E-state index in [1.165, 1.54) is 4.57 Å². The molecule has 0 aromatic carbocycles. The topological polar surface area (TPSA) is 92.9 Å². The summed E-state index contributed by atoms with van der Waals surface area (Å²) in [5.74, 6) is 5.81. The summed E-state index contributed by atoms with van der Waals surface area (Å²) < 4.78 is 1.36. The molecular formula is C12H18N4O2. The summed E-state index contributed by atoms with van der Waals surface area (Å²) in [4.78, 5) is 25.4. The summed E-state index contributed by atoms with van der Waals surface area (Å²) in [6, 6.07) is 0. The van der Waals surface area contributed by atoms with E-state index in [1.807, 2.05) is 6.92 Å². The highest BCUT2D eigenvalue weighted by Gasteiger charge is 2.10. The molecule has 1 aromatic heterocycles. The maximum Gasteiger partial charge on any atom is 0.330 e. The fourth-order valence-corrected chi connectivity index (χ4v) is 1.58. The van der Waals surface area contributed by atoms with E-state index >= 15 is 0 Å². The number of nitrogens with two attached hydrogens (primary N) is 1. The van der Waals surface area contributed by atoms with Crippen LogP contribution in [0.25, 0.3) is 0 Å². The van der Waals surface area contributed by atoms with Crippen LogP contribution in [0.1, 0.15) is 26.7 Å². The fraction of sp³-hybridized carbons (Fsp3) is 0.500. The zero-order valence-corrected chi connectivity index (χ0v) is 10.7. The number of nitrogens with one attached hydrogen (secondary N) is 2. The number of anilines is 2. The molecule has 0 unspecified atom stereocenters. The van der Waals surface area contributed by atoms with Crippen LogP contribution in [-0.4, -0.2) is 16.1 Å². The predicted molar refractivity (Wildman–Crippen MR) is 72.6 cm³/mol. The first-order valence-electron chi connectivity index (χ1n) is 5.87. The van der Waals surface area contributed by atoms with Crippen LogP contribution in [-0.2, 0) is 6.54 Å². The van der Waals surface area contributed by atoms with Gasteiger partial charge in [-0.05, 0) is 13.3 Å². The van der Waals surface area contributed by atoms with Crippen LogP contribution in [0.5, 0.6) is 0 Å². The van der Waals surface area contributed by atoms with Gasteiger partial charge < -0.3 is 11.1 Å². The van der Waals surface area contributed by atoms with E-state index in [-0.39, 0.29) is 11.5 Å². The molecule has 0 spiro atoms. The lowest BCUT2D eigenvalue weighted by molar-refractivity contribution is 0.642. The normalized spacial score (nSPS) is 9.67. The maximum absolute atomic E-state index is 11.6. The molecule has 1 rings (SSSR count). The highest BCUT2D eigenvalue weighted by Crippen LogP contribution is 2.09. The van der Waals surface area contributed by atoms with Gasteiger partial charge in [-0.3, -0.25) is 14.3 Å². The molecule has 6 heteroatoms. The molecular weight excluding hydrogens is 232 g/mol. The van der Waals surface area contributed by atoms with E-state index < -0.39 is 11.2 Å². The Kier molecular flexibility index (Phi) is 5.06. The third-order valence-electron chi connectivity index (χ3n) is 2.42. The molecule has 0 saturated carbocycles. The lowest BCUT2D eigenvalue weighted by atomic mass is 10.3. The molecule has 0 bridgehead atoms. The van der Waals surface area contributed by atoms with Gasteiger partial charge in [0, 0.05) is 19.5 Å². The number of hydrogen-bond donors (Lipinski definition) is 3. The molecule has 0 aliphatic carbocycles. The third-order valence-corrected chi connectivity index (χ3v) is 2.42. The standard InChI is InChI=1S/C12H18N4O2/c1-3-5-6-7-14-9-10(13)16(8-4-2)12(18)15-11(9)17/h14H,4,6-8,13H2,1-2H3,(H,15,17,18). The van der Waals surface area contributed by atoms with E-state index in [0.29, 0.717) is 19.5 Å². The van der Waals surface area contributed by atoms with Crippen molar-refractivity contribution in [1.29, 1.82) is 0 Å². The smallest absolute Gasteiger partial charge is 0.330 e. The molecule has 1 aromatic rings. The Balaban J connectivity index is 3.02. The van der Waals surface area contributed by atoms with Gasteiger partial charge in [-0.2, -0.15) is 0 Å². The molecule has 0 atom stereocenters. The minimum Gasteiger partial charge on any atom is -0.383 e. The number of H-pyrrole nitrogens is 1. The van der Waals surface area contributed by atoms with E-state index in [2.05, 4.69) is 22.1 Å². The second kappa shape index (κ2) is 6.55. The zero-order chi connectivity index (χ0) is 13.5. The van der Waals surface area contributed by atoms with Gasteiger partial charge in [-0.15, -0.1) is 11.8 Å². The first-order valence-corrected chi connectivity index (χ1v) is 5.87. The van der Waals surface area contributed by atoms with Crippen molar-refractivity contribution in [1.82, 2.24) is 9.55 Å². The molecule has 1 heterocycles. The zero-order valence-electron chi connectivity index (χ0n) is 10.7. The Bertz CT molecular complexity index is 574. The predicted octanol–water partition coefficient (Wildman–Crippen LogP) is 0.354. The Hall–Kier alpha value is -2.16. The number of hydrogen-bond acceptors (Lipinski definition) is 4. The summed E-state index contributed by atoms with van der Waals surface area (Å²) in [5, 5.41) is 2.91. The Morgan fingerprint density at radius 1 is 1.44 bits per heavy atom. The molecule has 0 aliphatic rings. The van der Waals surface area contributed by atoms with Gasteiger partial charge in [0.1, 0.15) is 11.5 Å². The van der Waals surface area contributed by atoms with Gasteiger partial charge in [0.15, 0.2) is 0 Å². The minimum absolute atomic E-state index is 0.176. The number of nitrogens with zero attached hydrogens (tertiary/aromatic N) is 1. The Labute approximate surface area is 105 Å². The van der Waals surface area contributed by atoms with Crippen molar-refractivity contribution in [3.05, 3.63) is 20.8 Å². The molecule has 0 radical (unpaired) electrons. The fourth-order valence-electron chi connectivity index (χ4n) is 1.58. The SMILES string of the molecule is CC#CCCNc1c(N)n(CCC)c(=O)[nH]c1=O. The minimum atomic E-state index is -0.491. The van der Waals surface area contributed by atoms with Crippen molar-refractivity contribution in [2.24, 2.45) is 0 Å². The summed E-state index contributed by atoms with van der Waals surface area (Å²) in [5.41, 5.74) is 5.10. The summed E-state index contributed by atoms with van der Waals surface area (Å²) >= 11 is 0. The maximum atomic E-state index is 11.6. The van der Waals surface area contributed by atoms with Crippen LogP contribution < -0.4 is 22.3 Å². The van der Waals surface area contributed by atoms with Crippen molar-refractivity contribution in [2.45, 2.75) is 33.2 Å². The largest absolute Gasteiger partial charge is 0.383 e. The van der Waals surface area contributed by atoms with Crippen molar-refractivity contribution in [3.63, 3.8) is 0 Å². The molecule has 0 aliphatic heterocycles. The molecule has 0 fully saturated rings. The Morgan fingerprint density at radius 3 is 2.78 bits per heavy atom. The monoisotopic (exact) mass is 250 g/mol. The summed E-state index contributed by atoms with van der Waals surface area (Å²) in [6.07, 6.45) is 1.37. The van der Waals surface area contributed by atoms with Gasteiger partial charge in [0.2, 0.25) is 0 Å². The highest BCUT2D eigenvalue weighted by atomic mass is 16.2. The number of aromatic amines is 1. The van der Waals surface area contributed by atoms with Crippen LogP contribution in [0, 0.1) is 11.8 Å². The van der Waals surface area contributed by atoms with Crippen molar-refractivity contribution in [3.8, 4) is 11.8 Å². The van der Waals surface area contributed by atoms with Crippen molar-refractivity contribution < 1.29 is 0 Å². The van der Waals surface area contributed by atoms with E-state index in [4.69, 9.17) is 5.73 Å². The highest BCUT2D eigenvalue weighted by molar-refractivity contribution is 5.60. The van der Waals surface area contributed by atoms with Gasteiger partial charge in [-0.25, -0.2) is 4.79 Å². The second-order valence-electron chi connectivity index (χ2n) is 3.77. The lowest BCUT2D eigenvalue weighted by Crippen LogP contribution is -2.34. The van der Waals surface area contributed by atoms with E-state index in [0.717, 1.165) is 6.42 Å². The van der Waals surface area contributed by atoms with Crippen LogP contribution in [0.4, 0.5) is 11.5 Å². The molecule has 4 N–H and O–H groups in total. The van der Waals surface area contributed by atoms with Gasteiger partial charge in [-0.1, -0.05) is 6.92 Å². The van der Waals surface area contributed by atoms with Gasteiger partial charge in [0.25, 0.3) is 5.56 Å². The second-order valence-corrected chi connectivity index (χ2v) is 3.77. The first kappa shape index (κ1) is 13.9. The molecule has 0 saturated heterocycles. The molecule has 18 heavy (non-hydrogen) atoms. The average molecular weight is 250 g/mol. The van der Waals surface area contributed by atoms with Crippen LogP contribution >= 0.6 is 0 Å². The van der Waals surface area contributed by atoms with Crippen LogP contribution in [0.3, 0.4) is 0 Å². The van der Waals surface area contributed by atoms with Crippen molar-refractivity contribution >= 4 is 11.5 Å². The third kappa shape index (κ3) is 3.17. The quantitative estimate of drug-likeness (QED) is 0.519. The average Bonchev–Trinajstić information content (AvgIpc) is 2.33. The molecule has 0 amide bonds. The van der Waals surface area contributed by atoms with Gasteiger partial charge >= 0.3 is 5.69 Å². The van der Waals surface area contributed by atoms with E-state index in [1.54, 1.807) is 6.92 Å². The molecule has 6 nitrogen and oxygen atoms in total. The lowest BCUT2D eigenvalue weighted by Gasteiger charge is -2.12. The van der Waals surface area contributed by atoms with Crippen LogP contribution in [0.2, 0.25) is 0 Å². The van der Waals surface area contributed by atoms with Gasteiger partial charge in [0.05, 0.1) is 0 Å². The summed E-state index contributed by atoms with van der Waals surface area (Å²) in [6.45, 7) is 4.67. The van der Waals surface area contributed by atoms with E-state index in [9.17, 15) is 9.59 Å².